The summed E-state index contributed by atoms with van der Waals surface area (Å²) in [4.78, 5) is 13.0. The smallest absolute Gasteiger partial charge is 0.234 e. The van der Waals surface area contributed by atoms with Gasteiger partial charge < -0.3 is 16.2 Å². The number of aliphatic hydroxyl groups is 1. The average molecular weight is 203 g/mol. The Morgan fingerprint density at radius 1 is 1.57 bits per heavy atom. The van der Waals surface area contributed by atoms with Crippen LogP contribution in [0.5, 0.6) is 0 Å². The first kappa shape index (κ1) is 13.4. The van der Waals surface area contributed by atoms with Gasteiger partial charge in [0.15, 0.2) is 0 Å². The molecule has 1 amide bonds. The van der Waals surface area contributed by atoms with E-state index in [0.29, 0.717) is 19.6 Å². The van der Waals surface area contributed by atoms with Crippen LogP contribution in [0, 0.1) is 0 Å². The van der Waals surface area contributed by atoms with Crippen molar-refractivity contribution in [3.63, 3.8) is 0 Å². The van der Waals surface area contributed by atoms with Gasteiger partial charge in [-0.25, -0.2) is 0 Å². The molecule has 0 aliphatic heterocycles. The molecule has 0 aliphatic rings. The zero-order chi connectivity index (χ0) is 11.2. The van der Waals surface area contributed by atoms with Crippen molar-refractivity contribution < 1.29 is 9.90 Å². The van der Waals surface area contributed by atoms with Crippen LogP contribution in [0.4, 0.5) is 0 Å². The van der Waals surface area contributed by atoms with Gasteiger partial charge in [0.1, 0.15) is 0 Å². The van der Waals surface area contributed by atoms with E-state index in [1.807, 2.05) is 0 Å². The number of amides is 1. The molecule has 0 saturated heterocycles. The molecule has 0 bridgehead atoms. The molecular weight excluding hydrogens is 182 g/mol. The molecule has 0 heterocycles. The van der Waals surface area contributed by atoms with Crippen molar-refractivity contribution in [3.8, 4) is 0 Å². The second-order valence-corrected chi connectivity index (χ2v) is 4.12. The molecule has 5 nitrogen and oxygen atoms in total. The fraction of sp³-hybridized carbons (Fsp3) is 0.889. The third-order valence-electron chi connectivity index (χ3n) is 1.54. The van der Waals surface area contributed by atoms with E-state index in [-0.39, 0.29) is 12.5 Å². The van der Waals surface area contributed by atoms with Crippen LogP contribution in [-0.4, -0.2) is 54.7 Å². The zero-order valence-corrected chi connectivity index (χ0v) is 9.21. The van der Waals surface area contributed by atoms with Crippen molar-refractivity contribution in [3.05, 3.63) is 0 Å². The molecule has 0 aromatic heterocycles. The molecule has 0 rings (SSSR count). The molecule has 0 aliphatic carbocycles. The summed E-state index contributed by atoms with van der Waals surface area (Å²) < 4.78 is 0. The molecule has 0 aromatic carbocycles. The van der Waals surface area contributed by atoms with Gasteiger partial charge in [-0.1, -0.05) is 0 Å². The van der Waals surface area contributed by atoms with Gasteiger partial charge in [0.05, 0.1) is 12.1 Å². The summed E-state index contributed by atoms with van der Waals surface area (Å²) in [5, 5.41) is 12.1. The largest absolute Gasteiger partial charge is 0.389 e. The quantitative estimate of drug-likeness (QED) is 0.505. The van der Waals surface area contributed by atoms with Crippen molar-refractivity contribution in [2.75, 3.05) is 33.2 Å². The average Bonchev–Trinajstić information content (AvgIpc) is 1.96. The Hall–Kier alpha value is -0.650. The van der Waals surface area contributed by atoms with E-state index in [1.54, 1.807) is 25.8 Å². The zero-order valence-electron chi connectivity index (χ0n) is 9.21. The summed E-state index contributed by atoms with van der Waals surface area (Å²) in [5.74, 6) is -0.0674. The lowest BCUT2D eigenvalue weighted by Crippen LogP contribution is -2.42. The maximum absolute atomic E-state index is 11.2. The van der Waals surface area contributed by atoms with Crippen LogP contribution in [0.2, 0.25) is 0 Å². The van der Waals surface area contributed by atoms with Crippen molar-refractivity contribution in [2.45, 2.75) is 19.4 Å². The second-order valence-electron chi connectivity index (χ2n) is 4.12. The van der Waals surface area contributed by atoms with Crippen LogP contribution < -0.4 is 11.1 Å². The molecule has 84 valence electrons. The standard InChI is InChI=1S/C9H21N3O2/c1-9(2,14)7-12(3)6-8(13)11-5-4-10/h14H,4-7,10H2,1-3H3,(H,11,13). The van der Waals surface area contributed by atoms with Gasteiger partial charge in [-0.2, -0.15) is 0 Å². The molecule has 0 atom stereocenters. The van der Waals surface area contributed by atoms with E-state index >= 15 is 0 Å². The normalized spacial score (nSPS) is 11.9. The van der Waals surface area contributed by atoms with Gasteiger partial charge in [0, 0.05) is 19.6 Å². The van der Waals surface area contributed by atoms with Gasteiger partial charge in [-0.05, 0) is 20.9 Å². The number of carbonyl (C=O) groups is 1. The number of nitrogens with zero attached hydrogens (tertiary/aromatic N) is 1. The fourth-order valence-corrected chi connectivity index (χ4v) is 1.23. The second kappa shape index (κ2) is 5.95. The van der Waals surface area contributed by atoms with Crippen LogP contribution in [0.3, 0.4) is 0 Å². The summed E-state index contributed by atoms with van der Waals surface area (Å²) in [6.07, 6.45) is 0. The van der Waals surface area contributed by atoms with E-state index in [2.05, 4.69) is 5.32 Å². The van der Waals surface area contributed by atoms with Crippen LogP contribution in [0.15, 0.2) is 0 Å². The molecule has 0 fully saturated rings. The van der Waals surface area contributed by atoms with Gasteiger partial charge >= 0.3 is 0 Å². The Morgan fingerprint density at radius 2 is 2.14 bits per heavy atom. The number of hydrogen-bond donors (Lipinski definition) is 3. The maximum atomic E-state index is 11.2. The van der Waals surface area contributed by atoms with E-state index in [4.69, 9.17) is 5.73 Å². The lowest BCUT2D eigenvalue weighted by molar-refractivity contribution is -0.122. The lowest BCUT2D eigenvalue weighted by atomic mass is 10.1. The monoisotopic (exact) mass is 203 g/mol. The highest BCUT2D eigenvalue weighted by molar-refractivity contribution is 5.77. The molecular formula is C9H21N3O2. The van der Waals surface area contributed by atoms with Gasteiger partial charge in [-0.3, -0.25) is 9.69 Å². The summed E-state index contributed by atoms with van der Waals surface area (Å²) in [6, 6.07) is 0. The predicted octanol–water partition coefficient (Wildman–Crippen LogP) is -1.24. The summed E-state index contributed by atoms with van der Waals surface area (Å²) in [7, 11) is 1.79. The molecule has 0 unspecified atom stereocenters. The first-order valence-corrected chi connectivity index (χ1v) is 4.73. The maximum Gasteiger partial charge on any atom is 0.234 e. The highest BCUT2D eigenvalue weighted by atomic mass is 16.3. The molecule has 0 radical (unpaired) electrons. The van der Waals surface area contributed by atoms with E-state index in [0.717, 1.165) is 0 Å². The molecule has 14 heavy (non-hydrogen) atoms. The van der Waals surface area contributed by atoms with Crippen molar-refractivity contribution in [1.82, 2.24) is 10.2 Å². The fourth-order valence-electron chi connectivity index (χ4n) is 1.23. The van der Waals surface area contributed by atoms with Crippen molar-refractivity contribution >= 4 is 5.91 Å². The molecule has 0 saturated carbocycles. The Bertz CT molecular complexity index is 177. The SMILES string of the molecule is CN(CC(=O)NCCN)CC(C)(C)O. The van der Waals surface area contributed by atoms with Crippen LogP contribution >= 0.6 is 0 Å². The number of hydrogen-bond acceptors (Lipinski definition) is 4. The van der Waals surface area contributed by atoms with Crippen LogP contribution in [-0.2, 0) is 4.79 Å². The minimum Gasteiger partial charge on any atom is -0.389 e. The number of nitrogens with two attached hydrogens (primary N) is 1. The Kier molecular flexibility index (Phi) is 5.68. The first-order valence-electron chi connectivity index (χ1n) is 4.73. The van der Waals surface area contributed by atoms with Gasteiger partial charge in [-0.15, -0.1) is 0 Å². The van der Waals surface area contributed by atoms with E-state index < -0.39 is 5.60 Å². The summed E-state index contributed by atoms with van der Waals surface area (Å²) >= 11 is 0. The Morgan fingerprint density at radius 3 is 2.57 bits per heavy atom. The minimum atomic E-state index is -0.775. The number of rotatable bonds is 6. The molecule has 0 spiro atoms. The Labute approximate surface area is 85.3 Å². The molecule has 0 aromatic rings. The topological polar surface area (TPSA) is 78.6 Å². The number of nitrogens with one attached hydrogen (secondary N) is 1. The van der Waals surface area contributed by atoms with Gasteiger partial charge in [0.2, 0.25) is 5.91 Å². The third kappa shape index (κ3) is 7.97. The van der Waals surface area contributed by atoms with Crippen molar-refractivity contribution in [2.24, 2.45) is 5.73 Å². The molecule has 5 heteroatoms. The predicted molar refractivity (Wildman–Crippen MR) is 55.9 cm³/mol. The number of carbonyl (C=O) groups excluding carboxylic acids is 1. The van der Waals surface area contributed by atoms with E-state index in [9.17, 15) is 9.90 Å². The lowest BCUT2D eigenvalue weighted by Gasteiger charge is -2.24. The summed E-state index contributed by atoms with van der Waals surface area (Å²) in [6.45, 7) is 5.10. The molecule has 4 N–H and O–H groups in total. The van der Waals surface area contributed by atoms with Crippen molar-refractivity contribution in [1.29, 1.82) is 0 Å². The number of likely N-dealkylation sites (N-methyl/N-ethyl adjacent to an activating group) is 1. The van der Waals surface area contributed by atoms with E-state index in [1.165, 1.54) is 0 Å². The minimum absolute atomic E-state index is 0.0674. The highest BCUT2D eigenvalue weighted by Crippen LogP contribution is 2.02. The van der Waals surface area contributed by atoms with Crippen LogP contribution in [0.1, 0.15) is 13.8 Å². The Balaban J connectivity index is 3.71. The van der Waals surface area contributed by atoms with Gasteiger partial charge in [0.25, 0.3) is 0 Å². The highest BCUT2D eigenvalue weighted by Gasteiger charge is 2.16. The third-order valence-corrected chi connectivity index (χ3v) is 1.54. The van der Waals surface area contributed by atoms with Crippen LogP contribution in [0.25, 0.3) is 0 Å². The first-order chi connectivity index (χ1) is 6.35. The summed E-state index contributed by atoms with van der Waals surface area (Å²) in [5.41, 5.74) is 4.47.